The molecule has 0 saturated carbocycles. The van der Waals surface area contributed by atoms with Gasteiger partial charge >= 0.3 is 11.7 Å². The van der Waals surface area contributed by atoms with Crippen molar-refractivity contribution in [3.8, 4) is 0 Å². The molecule has 0 aliphatic heterocycles. The van der Waals surface area contributed by atoms with Crippen LogP contribution in [0.2, 0.25) is 0 Å². The molecule has 0 spiro atoms. The molecule has 1 aromatic heterocycles. The first-order valence-electron chi connectivity index (χ1n) is 8.52. The van der Waals surface area contributed by atoms with E-state index in [9.17, 15) is 22.8 Å². The molecule has 9 nitrogen and oxygen atoms in total. The van der Waals surface area contributed by atoms with Crippen molar-refractivity contribution in [3.05, 3.63) is 74.4 Å². The van der Waals surface area contributed by atoms with Crippen LogP contribution in [0.4, 0.5) is 0 Å². The van der Waals surface area contributed by atoms with E-state index < -0.39 is 27.2 Å². The fourth-order valence-electron chi connectivity index (χ4n) is 2.95. The van der Waals surface area contributed by atoms with Crippen LogP contribution in [0, 0.1) is 0 Å². The summed E-state index contributed by atoms with van der Waals surface area (Å²) in [6.07, 6.45) is 0. The second-order valence-corrected chi connectivity index (χ2v) is 8.85. The highest BCUT2D eigenvalue weighted by atomic mass is 32.2. The van der Waals surface area contributed by atoms with Gasteiger partial charge in [-0.15, -0.1) is 0 Å². The van der Waals surface area contributed by atoms with Gasteiger partial charge in [-0.25, -0.2) is 22.3 Å². The number of carbonyl (C=O) groups is 1. The van der Waals surface area contributed by atoms with Crippen molar-refractivity contribution >= 4 is 26.9 Å². The monoisotopic (exact) mass is 417 g/mol. The molecule has 0 saturated heterocycles. The van der Waals surface area contributed by atoms with Crippen molar-refractivity contribution in [2.75, 3.05) is 14.1 Å². The number of carboxylic acids is 1. The summed E-state index contributed by atoms with van der Waals surface area (Å²) in [7, 11) is 0.753. The molecule has 1 N–H and O–H groups in total. The molecule has 0 fully saturated rings. The van der Waals surface area contributed by atoms with Gasteiger partial charge in [0, 0.05) is 21.1 Å². The van der Waals surface area contributed by atoms with E-state index in [-0.39, 0.29) is 22.4 Å². The average molecular weight is 417 g/mol. The highest BCUT2D eigenvalue weighted by Crippen LogP contribution is 2.15. The Morgan fingerprint density at radius 1 is 1.07 bits per heavy atom. The Morgan fingerprint density at radius 2 is 1.69 bits per heavy atom. The van der Waals surface area contributed by atoms with Crippen LogP contribution in [-0.2, 0) is 23.6 Å². The van der Waals surface area contributed by atoms with E-state index in [1.165, 1.54) is 68.2 Å². The SMILES string of the molecule is CN(C)S(=O)(=O)c1ccc(Cn2c(=O)c3cc(C(=O)O)ccc3n(C)c2=O)cc1. The first-order chi connectivity index (χ1) is 13.5. The largest absolute Gasteiger partial charge is 0.478 e. The lowest BCUT2D eigenvalue weighted by atomic mass is 10.1. The molecule has 2 aromatic carbocycles. The lowest BCUT2D eigenvalue weighted by molar-refractivity contribution is 0.0697. The number of carboxylic acid groups (broad SMARTS) is 1. The Morgan fingerprint density at radius 3 is 2.24 bits per heavy atom. The Labute approximate surface area is 166 Å². The zero-order valence-electron chi connectivity index (χ0n) is 16.0. The number of rotatable bonds is 5. The van der Waals surface area contributed by atoms with Crippen molar-refractivity contribution < 1.29 is 18.3 Å². The molecule has 0 bridgehead atoms. The molecular weight excluding hydrogens is 398 g/mol. The van der Waals surface area contributed by atoms with Crippen LogP contribution >= 0.6 is 0 Å². The van der Waals surface area contributed by atoms with Crippen molar-refractivity contribution in [2.24, 2.45) is 7.05 Å². The van der Waals surface area contributed by atoms with E-state index in [2.05, 4.69) is 0 Å². The smallest absolute Gasteiger partial charge is 0.335 e. The van der Waals surface area contributed by atoms with E-state index >= 15 is 0 Å². The van der Waals surface area contributed by atoms with Gasteiger partial charge < -0.3 is 5.11 Å². The van der Waals surface area contributed by atoms with Crippen LogP contribution < -0.4 is 11.2 Å². The fourth-order valence-corrected chi connectivity index (χ4v) is 3.85. The van der Waals surface area contributed by atoms with E-state index in [0.717, 1.165) is 8.87 Å². The number of hydrogen-bond donors (Lipinski definition) is 1. The number of sulfonamides is 1. The molecule has 0 unspecified atom stereocenters. The van der Waals surface area contributed by atoms with Gasteiger partial charge in [0.25, 0.3) is 5.56 Å². The van der Waals surface area contributed by atoms with Crippen LogP contribution in [0.15, 0.2) is 56.9 Å². The molecule has 0 radical (unpaired) electrons. The van der Waals surface area contributed by atoms with E-state index in [1.54, 1.807) is 0 Å². The normalized spacial score (nSPS) is 11.9. The molecule has 152 valence electrons. The third-order valence-electron chi connectivity index (χ3n) is 4.64. The fraction of sp³-hybridized carbons (Fsp3) is 0.211. The van der Waals surface area contributed by atoms with Crippen molar-refractivity contribution in [2.45, 2.75) is 11.4 Å². The number of nitrogens with zero attached hydrogens (tertiary/aromatic N) is 3. The summed E-state index contributed by atoms with van der Waals surface area (Å²) < 4.78 is 27.7. The molecule has 0 aliphatic rings. The van der Waals surface area contributed by atoms with Crippen molar-refractivity contribution in [1.82, 2.24) is 13.4 Å². The second kappa shape index (κ2) is 7.30. The van der Waals surface area contributed by atoms with Gasteiger partial charge in [0.2, 0.25) is 10.0 Å². The first-order valence-corrected chi connectivity index (χ1v) is 9.96. The maximum absolute atomic E-state index is 12.9. The predicted octanol–water partition coefficient (Wildman–Crippen LogP) is 0.697. The van der Waals surface area contributed by atoms with Gasteiger partial charge in [-0.2, -0.15) is 0 Å². The molecule has 1 heterocycles. The van der Waals surface area contributed by atoms with Crippen LogP contribution in [-0.4, -0.2) is 47.0 Å². The summed E-state index contributed by atoms with van der Waals surface area (Å²) in [5.41, 5.74) is -0.353. The summed E-state index contributed by atoms with van der Waals surface area (Å²) in [5, 5.41) is 9.27. The highest BCUT2D eigenvalue weighted by Gasteiger charge is 2.17. The number of fused-ring (bicyclic) bond motifs is 1. The summed E-state index contributed by atoms with van der Waals surface area (Å²) >= 11 is 0. The molecule has 29 heavy (non-hydrogen) atoms. The topological polar surface area (TPSA) is 119 Å². The minimum absolute atomic E-state index is 0.0574. The lowest BCUT2D eigenvalue weighted by Crippen LogP contribution is -2.39. The van der Waals surface area contributed by atoms with E-state index in [4.69, 9.17) is 5.11 Å². The number of aromatic nitrogens is 2. The first kappa shape index (κ1) is 20.5. The zero-order chi connectivity index (χ0) is 21.5. The molecule has 0 amide bonds. The zero-order valence-corrected chi connectivity index (χ0v) is 16.8. The molecule has 0 atom stereocenters. The molecule has 3 aromatic rings. The second-order valence-electron chi connectivity index (χ2n) is 6.70. The van der Waals surface area contributed by atoms with Gasteiger partial charge in [-0.1, -0.05) is 12.1 Å². The average Bonchev–Trinajstić information content (AvgIpc) is 2.69. The molecule has 0 aliphatic carbocycles. The summed E-state index contributed by atoms with van der Waals surface area (Å²) in [6, 6.07) is 9.86. The van der Waals surface area contributed by atoms with Crippen LogP contribution in [0.5, 0.6) is 0 Å². The van der Waals surface area contributed by atoms with Gasteiger partial charge in [0.05, 0.1) is 27.9 Å². The summed E-state index contributed by atoms with van der Waals surface area (Å²) in [4.78, 5) is 36.8. The summed E-state index contributed by atoms with van der Waals surface area (Å²) in [5.74, 6) is -1.18. The lowest BCUT2D eigenvalue weighted by Gasteiger charge is -2.13. The number of aromatic carboxylic acids is 1. The van der Waals surface area contributed by atoms with Crippen molar-refractivity contribution in [1.29, 1.82) is 0 Å². The number of benzene rings is 2. The Bertz CT molecular complexity index is 1340. The quantitative estimate of drug-likeness (QED) is 0.653. The minimum atomic E-state index is -3.59. The third kappa shape index (κ3) is 3.59. The third-order valence-corrected chi connectivity index (χ3v) is 6.47. The molecule has 10 heteroatoms. The van der Waals surface area contributed by atoms with Crippen molar-refractivity contribution in [3.63, 3.8) is 0 Å². The Kier molecular flexibility index (Phi) is 5.16. The van der Waals surface area contributed by atoms with Gasteiger partial charge in [0.15, 0.2) is 0 Å². The van der Waals surface area contributed by atoms with Gasteiger partial charge in [-0.3, -0.25) is 13.9 Å². The predicted molar refractivity (Wildman–Crippen MR) is 107 cm³/mol. The minimum Gasteiger partial charge on any atom is -0.478 e. The van der Waals surface area contributed by atoms with Gasteiger partial charge in [-0.05, 0) is 35.9 Å². The molecular formula is C19H19N3O6S. The van der Waals surface area contributed by atoms with E-state index in [0.29, 0.717) is 11.1 Å². The van der Waals surface area contributed by atoms with E-state index in [1.807, 2.05) is 0 Å². The molecule has 3 rings (SSSR count). The number of aryl methyl sites for hydroxylation is 1. The number of hydrogen-bond acceptors (Lipinski definition) is 5. The van der Waals surface area contributed by atoms with Crippen LogP contribution in [0.1, 0.15) is 15.9 Å². The van der Waals surface area contributed by atoms with Crippen LogP contribution in [0.3, 0.4) is 0 Å². The maximum atomic E-state index is 12.9. The Balaban J connectivity index is 2.10. The standard InChI is InChI=1S/C19H19N3O6S/c1-20(2)29(27,28)14-7-4-12(5-8-14)11-22-17(23)15-10-13(18(24)25)6-9-16(15)21(3)19(22)26/h4-10H,11H2,1-3H3,(H,24,25). The van der Waals surface area contributed by atoms with Crippen LogP contribution in [0.25, 0.3) is 10.9 Å². The van der Waals surface area contributed by atoms with Gasteiger partial charge in [0.1, 0.15) is 0 Å². The Hall–Kier alpha value is -3.24. The maximum Gasteiger partial charge on any atom is 0.335 e. The summed E-state index contributed by atoms with van der Waals surface area (Å²) in [6.45, 7) is -0.0823. The highest BCUT2D eigenvalue weighted by molar-refractivity contribution is 7.89.